The van der Waals surface area contributed by atoms with Gasteiger partial charge < -0.3 is 5.73 Å². The van der Waals surface area contributed by atoms with Gasteiger partial charge in [0.05, 0.1) is 16.3 Å². The second-order valence-corrected chi connectivity index (χ2v) is 4.58. The van der Waals surface area contributed by atoms with Crippen LogP contribution in [0.3, 0.4) is 0 Å². The molecule has 0 amide bonds. The Kier molecular flexibility index (Phi) is 2.41. The van der Waals surface area contributed by atoms with Crippen molar-refractivity contribution in [3.05, 3.63) is 23.1 Å². The number of halogens is 1. The lowest BCUT2D eigenvalue weighted by Crippen LogP contribution is -1.85. The van der Waals surface area contributed by atoms with Crippen LogP contribution in [0, 0.1) is 0 Å². The van der Waals surface area contributed by atoms with Crippen LogP contribution in [0.25, 0.3) is 10.1 Å². The predicted molar refractivity (Wildman–Crippen MR) is 63.0 cm³/mol. The largest absolute Gasteiger partial charge is 0.397 e. The Labute approximate surface area is 90.9 Å². The maximum Gasteiger partial charge on any atom is 0.0589 e. The lowest BCUT2D eigenvalue weighted by atomic mass is 10.2. The molecule has 0 spiro atoms. The van der Waals surface area contributed by atoms with Gasteiger partial charge in [-0.25, -0.2) is 0 Å². The van der Waals surface area contributed by atoms with Crippen LogP contribution in [-0.4, -0.2) is 0 Å². The molecule has 0 fully saturated rings. The molecule has 0 saturated heterocycles. The van der Waals surface area contributed by atoms with Gasteiger partial charge in [-0.15, -0.1) is 35.6 Å². The van der Waals surface area contributed by atoms with Crippen molar-refractivity contribution in [3.8, 4) is 0 Å². The van der Waals surface area contributed by atoms with Crippen molar-refractivity contribution < 1.29 is 0 Å². The van der Waals surface area contributed by atoms with Gasteiger partial charge in [0.2, 0.25) is 0 Å². The number of hydrogen-bond acceptors (Lipinski definition) is 3. The summed E-state index contributed by atoms with van der Waals surface area (Å²) in [5.41, 5.74) is 6.71. The molecule has 1 heterocycles. The molecule has 0 aliphatic heterocycles. The third kappa shape index (κ3) is 1.41. The van der Waals surface area contributed by atoms with Gasteiger partial charge in [0.15, 0.2) is 0 Å². The molecule has 0 saturated carbocycles. The van der Waals surface area contributed by atoms with Gasteiger partial charge in [-0.3, -0.25) is 0 Å². The highest BCUT2D eigenvalue weighted by Gasteiger charge is 2.09. The molecule has 1 aromatic heterocycles. The molecule has 1 nitrogen and oxygen atoms in total. The van der Waals surface area contributed by atoms with Gasteiger partial charge >= 0.3 is 0 Å². The molecule has 0 unspecified atom stereocenters. The fourth-order valence-corrected chi connectivity index (χ4v) is 2.90. The molecule has 0 bridgehead atoms. The molecule has 68 valence electrons. The van der Waals surface area contributed by atoms with Crippen molar-refractivity contribution in [3.63, 3.8) is 0 Å². The average Bonchev–Trinajstić information content (AvgIpc) is 2.45. The molecule has 0 aliphatic rings. The maximum atomic E-state index is 5.91. The standard InChI is InChI=1S/C9H8ClNS2/c10-4-7-8(11)5-2-1-3-6(12)9(5)13-7/h1-3,12H,4,11H2. The van der Waals surface area contributed by atoms with E-state index in [4.69, 9.17) is 17.3 Å². The van der Waals surface area contributed by atoms with Crippen LogP contribution in [0.1, 0.15) is 4.88 Å². The Bertz CT molecular complexity index is 450. The summed E-state index contributed by atoms with van der Waals surface area (Å²) in [5.74, 6) is 0.471. The van der Waals surface area contributed by atoms with Gasteiger partial charge in [-0.1, -0.05) is 12.1 Å². The fraction of sp³-hybridized carbons (Fsp3) is 0.111. The van der Waals surface area contributed by atoms with Crippen molar-refractivity contribution >= 4 is 51.3 Å². The molecular formula is C9H8ClNS2. The monoisotopic (exact) mass is 229 g/mol. The zero-order valence-corrected chi connectivity index (χ0v) is 9.22. The van der Waals surface area contributed by atoms with Gasteiger partial charge in [0.1, 0.15) is 0 Å². The van der Waals surface area contributed by atoms with E-state index in [2.05, 4.69) is 12.6 Å². The normalized spacial score (nSPS) is 10.9. The molecular weight excluding hydrogens is 222 g/mol. The Balaban J connectivity index is 2.83. The molecule has 0 atom stereocenters. The first-order chi connectivity index (χ1) is 6.24. The minimum atomic E-state index is 0.471. The Morgan fingerprint density at radius 3 is 2.85 bits per heavy atom. The number of anilines is 1. The Morgan fingerprint density at radius 1 is 1.46 bits per heavy atom. The van der Waals surface area contributed by atoms with Crippen LogP contribution in [0.2, 0.25) is 0 Å². The van der Waals surface area contributed by atoms with Crippen molar-refractivity contribution in [1.29, 1.82) is 0 Å². The van der Waals surface area contributed by atoms with Crippen LogP contribution in [0.15, 0.2) is 23.1 Å². The van der Waals surface area contributed by atoms with E-state index >= 15 is 0 Å². The molecule has 13 heavy (non-hydrogen) atoms. The van der Waals surface area contributed by atoms with E-state index in [1.165, 1.54) is 0 Å². The quantitative estimate of drug-likeness (QED) is 0.568. The first-order valence-electron chi connectivity index (χ1n) is 3.79. The summed E-state index contributed by atoms with van der Waals surface area (Å²) in [6.45, 7) is 0. The molecule has 4 heteroatoms. The zero-order chi connectivity index (χ0) is 9.42. The summed E-state index contributed by atoms with van der Waals surface area (Å²) in [5, 5.41) is 1.06. The summed E-state index contributed by atoms with van der Waals surface area (Å²) in [7, 11) is 0. The molecule has 2 aromatic rings. The van der Waals surface area contributed by atoms with E-state index in [1.807, 2.05) is 18.2 Å². The smallest absolute Gasteiger partial charge is 0.0589 e. The molecule has 0 radical (unpaired) electrons. The van der Waals surface area contributed by atoms with Crippen LogP contribution in [0.5, 0.6) is 0 Å². The molecule has 1 aromatic carbocycles. The highest BCUT2D eigenvalue weighted by Crippen LogP contribution is 2.37. The van der Waals surface area contributed by atoms with Crippen LogP contribution < -0.4 is 5.73 Å². The highest BCUT2D eigenvalue weighted by atomic mass is 35.5. The lowest BCUT2D eigenvalue weighted by Gasteiger charge is -1.93. The van der Waals surface area contributed by atoms with E-state index in [9.17, 15) is 0 Å². The predicted octanol–water partition coefficient (Wildman–Crippen LogP) is 3.51. The second-order valence-electron chi connectivity index (χ2n) is 2.73. The van der Waals surface area contributed by atoms with Crippen molar-refractivity contribution in [2.24, 2.45) is 0 Å². The summed E-state index contributed by atoms with van der Waals surface area (Å²) in [4.78, 5) is 1.99. The van der Waals surface area contributed by atoms with Crippen molar-refractivity contribution in [1.82, 2.24) is 0 Å². The van der Waals surface area contributed by atoms with E-state index in [0.29, 0.717) is 5.88 Å². The number of rotatable bonds is 1. The fourth-order valence-electron chi connectivity index (χ4n) is 1.27. The average molecular weight is 230 g/mol. The van der Waals surface area contributed by atoms with Crippen molar-refractivity contribution in [2.45, 2.75) is 10.8 Å². The van der Waals surface area contributed by atoms with E-state index in [-0.39, 0.29) is 0 Å². The topological polar surface area (TPSA) is 26.0 Å². The van der Waals surface area contributed by atoms with E-state index in [0.717, 1.165) is 25.5 Å². The third-order valence-electron chi connectivity index (χ3n) is 1.93. The van der Waals surface area contributed by atoms with Gasteiger partial charge in [-0.2, -0.15) is 0 Å². The maximum absolute atomic E-state index is 5.91. The number of hydrogen-bond donors (Lipinski definition) is 2. The first-order valence-corrected chi connectivity index (χ1v) is 5.58. The van der Waals surface area contributed by atoms with Crippen LogP contribution in [-0.2, 0) is 5.88 Å². The molecule has 2 rings (SSSR count). The summed E-state index contributed by atoms with van der Waals surface area (Å²) < 4.78 is 1.12. The first kappa shape index (κ1) is 9.19. The van der Waals surface area contributed by atoms with Crippen LogP contribution in [0.4, 0.5) is 5.69 Å². The molecule has 0 aliphatic carbocycles. The number of nitrogens with two attached hydrogens (primary N) is 1. The minimum absolute atomic E-state index is 0.471. The van der Waals surface area contributed by atoms with Crippen LogP contribution >= 0.6 is 35.6 Å². The van der Waals surface area contributed by atoms with E-state index < -0.39 is 0 Å². The van der Waals surface area contributed by atoms with Gasteiger partial charge in [0, 0.05) is 15.2 Å². The molecule has 2 N–H and O–H groups in total. The number of thiophene rings is 1. The Hall–Kier alpha value is -0.380. The van der Waals surface area contributed by atoms with E-state index in [1.54, 1.807) is 11.3 Å². The van der Waals surface area contributed by atoms with Crippen molar-refractivity contribution in [2.75, 3.05) is 5.73 Å². The minimum Gasteiger partial charge on any atom is -0.397 e. The highest BCUT2D eigenvalue weighted by molar-refractivity contribution is 7.80. The Morgan fingerprint density at radius 2 is 2.23 bits per heavy atom. The zero-order valence-electron chi connectivity index (χ0n) is 6.75. The summed E-state index contributed by atoms with van der Waals surface area (Å²) in [6.07, 6.45) is 0. The SMILES string of the molecule is Nc1c(CCl)sc2c(S)cccc12. The number of benzene rings is 1. The van der Waals surface area contributed by atoms with Gasteiger partial charge in [0.25, 0.3) is 0 Å². The second kappa shape index (κ2) is 3.40. The van der Waals surface area contributed by atoms with Gasteiger partial charge in [-0.05, 0) is 6.07 Å². The number of nitrogen functional groups attached to an aromatic ring is 1. The summed E-state index contributed by atoms with van der Waals surface area (Å²) in [6, 6.07) is 5.90. The third-order valence-corrected chi connectivity index (χ3v) is 4.14. The summed E-state index contributed by atoms with van der Waals surface area (Å²) >= 11 is 11.7. The number of thiol groups is 1. The lowest BCUT2D eigenvalue weighted by molar-refractivity contribution is 1.53. The number of fused-ring (bicyclic) bond motifs is 1. The number of alkyl halides is 1.